The minimum absolute atomic E-state index is 1.22. The molecule has 2 rings (SSSR count). The third kappa shape index (κ3) is 1.33. The van der Waals surface area contributed by atoms with Gasteiger partial charge in [0.15, 0.2) is 0 Å². The van der Waals surface area contributed by atoms with Gasteiger partial charge in [0.1, 0.15) is 0 Å². The van der Waals surface area contributed by atoms with Crippen molar-refractivity contribution < 1.29 is 0 Å². The maximum atomic E-state index is 3.84. The highest BCUT2D eigenvalue weighted by atomic mass is 14.0. The Labute approximate surface area is 84.9 Å². The van der Waals surface area contributed by atoms with E-state index in [1.807, 2.05) is 6.08 Å². The van der Waals surface area contributed by atoms with Crippen LogP contribution in [0.4, 0.5) is 0 Å². The molecule has 14 heavy (non-hydrogen) atoms. The second-order valence-corrected chi connectivity index (χ2v) is 3.73. The van der Waals surface area contributed by atoms with E-state index >= 15 is 0 Å². The molecule has 0 aliphatic heterocycles. The van der Waals surface area contributed by atoms with Crippen molar-refractivity contribution >= 4 is 16.8 Å². The Morgan fingerprint density at radius 1 is 1.07 bits per heavy atom. The highest BCUT2D eigenvalue weighted by Gasteiger charge is 2.00. The summed E-state index contributed by atoms with van der Waals surface area (Å²) in [5.74, 6) is 0. The van der Waals surface area contributed by atoms with E-state index in [0.717, 1.165) is 0 Å². The summed E-state index contributed by atoms with van der Waals surface area (Å²) in [4.78, 5) is 0. The number of aryl methyl sites for hydroxylation is 2. The standard InChI is InChI=1S/C14H14/c1-4-12-6-5-7-13-11(3)8-10(2)9-14(12)13/h4-9H,1H2,2-3H3. The number of rotatable bonds is 1. The summed E-state index contributed by atoms with van der Waals surface area (Å²) in [6, 6.07) is 10.8. The van der Waals surface area contributed by atoms with Gasteiger partial charge in [-0.15, -0.1) is 0 Å². The van der Waals surface area contributed by atoms with Crippen LogP contribution in [0.2, 0.25) is 0 Å². The topological polar surface area (TPSA) is 0 Å². The van der Waals surface area contributed by atoms with Gasteiger partial charge >= 0.3 is 0 Å². The second kappa shape index (κ2) is 3.30. The summed E-state index contributed by atoms with van der Waals surface area (Å²) in [6.45, 7) is 8.13. The van der Waals surface area contributed by atoms with Gasteiger partial charge in [-0.1, -0.05) is 48.6 Å². The van der Waals surface area contributed by atoms with Gasteiger partial charge in [-0.25, -0.2) is 0 Å². The van der Waals surface area contributed by atoms with Crippen LogP contribution in [0.25, 0.3) is 16.8 Å². The van der Waals surface area contributed by atoms with E-state index in [1.54, 1.807) is 0 Å². The molecule has 2 aromatic carbocycles. The summed E-state index contributed by atoms with van der Waals surface area (Å²) in [5, 5.41) is 2.63. The van der Waals surface area contributed by atoms with Crippen LogP contribution in [0.3, 0.4) is 0 Å². The Kier molecular flexibility index (Phi) is 2.12. The van der Waals surface area contributed by atoms with Crippen LogP contribution in [0.15, 0.2) is 36.9 Å². The van der Waals surface area contributed by atoms with Gasteiger partial charge in [-0.2, -0.15) is 0 Å². The molecule has 0 saturated carbocycles. The molecule has 0 fully saturated rings. The van der Waals surface area contributed by atoms with Crippen molar-refractivity contribution in [1.82, 2.24) is 0 Å². The zero-order chi connectivity index (χ0) is 10.1. The molecular formula is C14H14. The summed E-state index contributed by atoms with van der Waals surface area (Å²) < 4.78 is 0. The number of benzene rings is 2. The highest BCUT2D eigenvalue weighted by molar-refractivity contribution is 5.93. The van der Waals surface area contributed by atoms with Gasteiger partial charge in [0.05, 0.1) is 0 Å². The van der Waals surface area contributed by atoms with E-state index in [4.69, 9.17) is 0 Å². The molecular weight excluding hydrogens is 168 g/mol. The Morgan fingerprint density at radius 3 is 2.57 bits per heavy atom. The van der Waals surface area contributed by atoms with Crippen LogP contribution < -0.4 is 0 Å². The average molecular weight is 182 g/mol. The zero-order valence-electron chi connectivity index (χ0n) is 8.67. The maximum absolute atomic E-state index is 3.84. The first-order valence-electron chi connectivity index (χ1n) is 4.85. The Bertz CT molecular complexity index is 493. The molecule has 2 aromatic rings. The van der Waals surface area contributed by atoms with Crippen LogP contribution in [0, 0.1) is 13.8 Å². The molecule has 70 valence electrons. The monoisotopic (exact) mass is 182 g/mol. The van der Waals surface area contributed by atoms with Crippen LogP contribution in [0.1, 0.15) is 16.7 Å². The van der Waals surface area contributed by atoms with Gasteiger partial charge in [0, 0.05) is 0 Å². The van der Waals surface area contributed by atoms with Crippen molar-refractivity contribution in [1.29, 1.82) is 0 Å². The van der Waals surface area contributed by atoms with Crippen molar-refractivity contribution in [2.45, 2.75) is 13.8 Å². The van der Waals surface area contributed by atoms with Gasteiger partial charge < -0.3 is 0 Å². The number of hydrogen-bond acceptors (Lipinski definition) is 0. The van der Waals surface area contributed by atoms with Gasteiger partial charge in [0.2, 0.25) is 0 Å². The molecule has 0 aromatic heterocycles. The van der Waals surface area contributed by atoms with E-state index in [2.05, 4.69) is 50.8 Å². The fraction of sp³-hybridized carbons (Fsp3) is 0.143. The number of hydrogen-bond donors (Lipinski definition) is 0. The maximum Gasteiger partial charge on any atom is -0.0106 e. The smallest absolute Gasteiger partial charge is 0.0106 e. The second-order valence-electron chi connectivity index (χ2n) is 3.73. The third-order valence-corrected chi connectivity index (χ3v) is 2.60. The molecule has 0 heterocycles. The van der Waals surface area contributed by atoms with Crippen molar-refractivity contribution in [3.8, 4) is 0 Å². The average Bonchev–Trinajstić information content (AvgIpc) is 2.17. The van der Waals surface area contributed by atoms with E-state index in [9.17, 15) is 0 Å². The summed E-state index contributed by atoms with van der Waals surface area (Å²) in [5.41, 5.74) is 3.86. The zero-order valence-corrected chi connectivity index (χ0v) is 8.67. The van der Waals surface area contributed by atoms with Crippen molar-refractivity contribution in [3.05, 3.63) is 53.6 Å². The lowest BCUT2D eigenvalue weighted by molar-refractivity contribution is 1.43. The van der Waals surface area contributed by atoms with Gasteiger partial charge in [-0.05, 0) is 35.7 Å². The van der Waals surface area contributed by atoms with Crippen molar-refractivity contribution in [3.63, 3.8) is 0 Å². The fourth-order valence-electron chi connectivity index (χ4n) is 1.95. The summed E-state index contributed by atoms with van der Waals surface area (Å²) in [7, 11) is 0. The first-order valence-corrected chi connectivity index (χ1v) is 4.85. The molecule has 0 amide bonds. The normalized spacial score (nSPS) is 10.4. The Balaban J connectivity index is 2.93. The molecule has 0 aliphatic carbocycles. The molecule has 0 aliphatic rings. The minimum Gasteiger partial charge on any atom is -0.0984 e. The molecule has 0 unspecified atom stereocenters. The molecule has 0 atom stereocenters. The first-order chi connectivity index (χ1) is 6.72. The van der Waals surface area contributed by atoms with Crippen LogP contribution >= 0.6 is 0 Å². The van der Waals surface area contributed by atoms with E-state index in [0.29, 0.717) is 0 Å². The SMILES string of the molecule is C=Cc1cccc2c(C)cc(C)cc12. The molecule has 0 saturated heterocycles. The summed E-state index contributed by atoms with van der Waals surface area (Å²) in [6.07, 6.45) is 1.92. The molecule has 0 radical (unpaired) electrons. The minimum atomic E-state index is 1.22. The Hall–Kier alpha value is -1.56. The highest BCUT2D eigenvalue weighted by Crippen LogP contribution is 2.24. The molecule has 0 spiro atoms. The van der Waals surface area contributed by atoms with Gasteiger partial charge in [0.25, 0.3) is 0 Å². The van der Waals surface area contributed by atoms with E-state index in [-0.39, 0.29) is 0 Å². The van der Waals surface area contributed by atoms with Crippen LogP contribution in [-0.2, 0) is 0 Å². The van der Waals surface area contributed by atoms with Crippen LogP contribution in [-0.4, -0.2) is 0 Å². The molecule has 0 nitrogen and oxygen atoms in total. The van der Waals surface area contributed by atoms with E-state index < -0.39 is 0 Å². The van der Waals surface area contributed by atoms with Crippen molar-refractivity contribution in [2.75, 3.05) is 0 Å². The predicted molar refractivity (Wildman–Crippen MR) is 63.5 cm³/mol. The fourth-order valence-corrected chi connectivity index (χ4v) is 1.95. The quantitative estimate of drug-likeness (QED) is 0.623. The predicted octanol–water partition coefficient (Wildman–Crippen LogP) is 4.10. The van der Waals surface area contributed by atoms with Crippen LogP contribution in [0.5, 0.6) is 0 Å². The molecule has 0 heteroatoms. The third-order valence-electron chi connectivity index (χ3n) is 2.60. The number of fused-ring (bicyclic) bond motifs is 1. The molecule has 0 N–H and O–H groups in total. The molecule has 0 bridgehead atoms. The largest absolute Gasteiger partial charge is 0.0984 e. The van der Waals surface area contributed by atoms with Gasteiger partial charge in [-0.3, -0.25) is 0 Å². The Morgan fingerprint density at radius 2 is 1.86 bits per heavy atom. The first kappa shape index (κ1) is 9.01. The summed E-state index contributed by atoms with van der Waals surface area (Å²) >= 11 is 0. The van der Waals surface area contributed by atoms with E-state index in [1.165, 1.54) is 27.5 Å². The lowest BCUT2D eigenvalue weighted by Crippen LogP contribution is -1.84. The lowest BCUT2D eigenvalue weighted by Gasteiger charge is -2.06. The van der Waals surface area contributed by atoms with Crippen molar-refractivity contribution in [2.24, 2.45) is 0 Å². The lowest BCUT2D eigenvalue weighted by atomic mass is 9.98.